The van der Waals surface area contributed by atoms with Gasteiger partial charge in [-0.15, -0.1) is 0 Å². The number of carboxylic acids is 1. The van der Waals surface area contributed by atoms with Gasteiger partial charge in [0.05, 0.1) is 25.3 Å². The van der Waals surface area contributed by atoms with Gasteiger partial charge in [-0.25, -0.2) is 9.59 Å². The number of aromatic nitrogens is 3. The molecule has 1 aromatic heterocycles. The second-order valence-corrected chi connectivity index (χ2v) is 12.4. The first kappa shape index (κ1) is 38.3. The Morgan fingerprint density at radius 3 is 2.29 bits per heavy atom. The number of alkyl halides is 3. The number of nitrogens with zero attached hydrogens (tertiary/aromatic N) is 3. The largest absolute Gasteiger partial charge is 0.494 e. The molecule has 2 aromatic carbocycles. The highest BCUT2D eigenvalue weighted by atomic mass is 19.4. The predicted molar refractivity (Wildman–Crippen MR) is 177 cm³/mol. The lowest BCUT2D eigenvalue weighted by atomic mass is 10.1. The number of rotatable bonds is 7. The Hall–Kier alpha value is -5.55. The number of benzene rings is 2. The van der Waals surface area contributed by atoms with Gasteiger partial charge < -0.3 is 45.3 Å². The maximum absolute atomic E-state index is 13.4. The van der Waals surface area contributed by atoms with Gasteiger partial charge in [0, 0.05) is 18.3 Å². The van der Waals surface area contributed by atoms with Crippen LogP contribution in [-0.2, 0) is 16.1 Å². The molecule has 18 heteroatoms. The van der Waals surface area contributed by atoms with Crippen molar-refractivity contribution in [2.24, 2.45) is 0 Å². The number of carboxylic acid groups (broad SMARTS) is 1. The van der Waals surface area contributed by atoms with Crippen molar-refractivity contribution in [2.75, 3.05) is 37.0 Å². The van der Waals surface area contributed by atoms with E-state index in [9.17, 15) is 32.7 Å². The summed E-state index contributed by atoms with van der Waals surface area (Å²) in [7, 11) is 0. The molecule has 2 aliphatic heterocycles. The Bertz CT molecular complexity index is 1650. The van der Waals surface area contributed by atoms with E-state index in [-0.39, 0.29) is 42.0 Å². The highest BCUT2D eigenvalue weighted by Crippen LogP contribution is 2.27. The van der Waals surface area contributed by atoms with Crippen LogP contribution in [0.3, 0.4) is 0 Å². The van der Waals surface area contributed by atoms with E-state index >= 15 is 0 Å². The molecule has 2 aliphatic rings. The van der Waals surface area contributed by atoms with Gasteiger partial charge in [0.2, 0.25) is 11.9 Å². The van der Waals surface area contributed by atoms with Crippen molar-refractivity contribution in [3.8, 4) is 17.5 Å². The van der Waals surface area contributed by atoms with Gasteiger partial charge in [0.1, 0.15) is 23.1 Å². The fraction of sp³-hybridized carbons (Fsp3) is 0.455. The maximum Gasteiger partial charge on any atom is 0.422 e. The third-order valence-corrected chi connectivity index (χ3v) is 6.85. The third kappa shape index (κ3) is 13.4. The van der Waals surface area contributed by atoms with Crippen LogP contribution in [0.15, 0.2) is 42.5 Å². The number of halogens is 3. The highest BCUT2D eigenvalue weighted by Gasteiger charge is 2.29. The summed E-state index contributed by atoms with van der Waals surface area (Å²) in [6.45, 7) is 3.75. The molecule has 3 heterocycles. The Morgan fingerprint density at radius 2 is 1.63 bits per heavy atom. The monoisotopic (exact) mass is 719 g/mol. The number of carbonyl (C=O) groups excluding carboxylic acids is 2. The first-order valence-corrected chi connectivity index (χ1v) is 16.1. The normalized spacial score (nSPS) is 14.5. The summed E-state index contributed by atoms with van der Waals surface area (Å²) >= 11 is 0. The van der Waals surface area contributed by atoms with Crippen LogP contribution in [0, 0.1) is 0 Å². The van der Waals surface area contributed by atoms with E-state index in [1.807, 2.05) is 24.3 Å². The molecule has 6 bridgehead atoms. The molecule has 5 N–H and O–H groups in total. The Labute approximate surface area is 291 Å². The number of anilines is 3. The van der Waals surface area contributed by atoms with Gasteiger partial charge in [0.25, 0.3) is 5.91 Å². The first-order valence-electron chi connectivity index (χ1n) is 16.1. The molecule has 5 rings (SSSR count). The van der Waals surface area contributed by atoms with E-state index in [1.165, 1.54) is 18.2 Å². The summed E-state index contributed by atoms with van der Waals surface area (Å²) < 4.78 is 60.6. The van der Waals surface area contributed by atoms with Crippen molar-refractivity contribution in [2.45, 2.75) is 70.8 Å². The Balaban J connectivity index is 1.59. The average molecular weight is 720 g/mol. The molecule has 2 amide bonds. The summed E-state index contributed by atoms with van der Waals surface area (Å²) in [4.78, 5) is 49.6. The summed E-state index contributed by atoms with van der Waals surface area (Å²) in [5, 5.41) is 20.3. The van der Waals surface area contributed by atoms with Crippen LogP contribution in [0.25, 0.3) is 0 Å². The molecule has 0 spiro atoms. The quantitative estimate of drug-likeness (QED) is 0.214. The molecule has 51 heavy (non-hydrogen) atoms. The van der Waals surface area contributed by atoms with Gasteiger partial charge in [-0.05, 0) is 76.3 Å². The third-order valence-electron chi connectivity index (χ3n) is 6.85. The Morgan fingerprint density at radius 1 is 0.941 bits per heavy atom. The number of alkyl carbamates (subject to hydrolysis) is 1. The fourth-order valence-electron chi connectivity index (χ4n) is 4.49. The fourth-order valence-corrected chi connectivity index (χ4v) is 4.49. The van der Waals surface area contributed by atoms with Gasteiger partial charge in [0.15, 0.2) is 6.61 Å². The minimum absolute atomic E-state index is 0.0208. The Kier molecular flexibility index (Phi) is 13.1. The van der Waals surface area contributed by atoms with E-state index in [1.54, 1.807) is 20.8 Å². The van der Waals surface area contributed by atoms with Crippen LogP contribution < -0.4 is 35.5 Å². The van der Waals surface area contributed by atoms with Crippen LogP contribution in [0.2, 0.25) is 0 Å². The first-order chi connectivity index (χ1) is 24.1. The van der Waals surface area contributed by atoms with Gasteiger partial charge in [-0.1, -0.05) is 12.1 Å². The molecule has 0 unspecified atom stereocenters. The molecule has 0 aliphatic carbocycles. The van der Waals surface area contributed by atoms with Gasteiger partial charge in [-0.2, -0.15) is 28.1 Å². The lowest BCUT2D eigenvalue weighted by Gasteiger charge is -2.21. The van der Waals surface area contributed by atoms with Gasteiger partial charge >= 0.3 is 24.2 Å². The van der Waals surface area contributed by atoms with E-state index in [0.29, 0.717) is 18.8 Å². The van der Waals surface area contributed by atoms with Crippen molar-refractivity contribution in [1.82, 2.24) is 25.6 Å². The molecular formula is C33H40F3N7O8. The highest BCUT2D eigenvalue weighted by molar-refractivity contribution is 5.99. The van der Waals surface area contributed by atoms with Crippen molar-refractivity contribution in [3.05, 3.63) is 53.6 Å². The maximum atomic E-state index is 13.4. The van der Waals surface area contributed by atoms with Crippen molar-refractivity contribution in [3.63, 3.8) is 0 Å². The summed E-state index contributed by atoms with van der Waals surface area (Å²) in [5.41, 5.74) is 0.259. The molecule has 0 saturated heterocycles. The second kappa shape index (κ2) is 17.4. The van der Waals surface area contributed by atoms with Crippen LogP contribution in [0.4, 0.5) is 35.5 Å². The van der Waals surface area contributed by atoms with Crippen molar-refractivity contribution in [1.29, 1.82) is 0 Å². The molecule has 15 nitrogen and oxygen atoms in total. The number of ether oxygens (including phenoxy) is 4. The van der Waals surface area contributed by atoms with Crippen LogP contribution in [0.1, 0.15) is 62.4 Å². The average Bonchev–Trinajstić information content (AvgIpc) is 3.05. The molecule has 3 aromatic rings. The molecule has 1 atom stereocenters. The number of hydrogen-bond donors (Lipinski definition) is 5. The molecule has 0 radical (unpaired) electrons. The molecule has 0 fully saturated rings. The summed E-state index contributed by atoms with van der Waals surface area (Å²) in [6, 6.07) is 9.42. The number of amides is 2. The van der Waals surface area contributed by atoms with E-state index in [0.717, 1.165) is 24.8 Å². The minimum Gasteiger partial charge on any atom is -0.494 e. The second-order valence-electron chi connectivity index (χ2n) is 12.4. The smallest absolute Gasteiger partial charge is 0.422 e. The summed E-state index contributed by atoms with van der Waals surface area (Å²) in [6.07, 6.45) is -2.45. The van der Waals surface area contributed by atoms with Crippen LogP contribution in [-0.4, -0.2) is 82.2 Å². The number of hydrogen-bond acceptors (Lipinski definition) is 12. The lowest BCUT2D eigenvalue weighted by molar-refractivity contribution is -0.154. The van der Waals surface area contributed by atoms with E-state index < -0.39 is 55.0 Å². The zero-order chi connectivity index (χ0) is 37.0. The van der Waals surface area contributed by atoms with Crippen LogP contribution >= 0.6 is 0 Å². The molecular weight excluding hydrogens is 679 g/mol. The van der Waals surface area contributed by atoms with E-state index in [4.69, 9.17) is 18.9 Å². The van der Waals surface area contributed by atoms with Crippen molar-refractivity contribution >= 4 is 35.6 Å². The van der Waals surface area contributed by atoms with Crippen LogP contribution in [0.5, 0.6) is 17.5 Å². The standard InChI is InChI=1S/C33H40F3N7O8/c1-32(2,3)51-31(47)38-18-24(27(45)46)40-26(44)23-13-10-21-16-25(23)49-15-7-5-4-6-14-48-22-11-8-20(9-12-22)17-37-28-41-29(39-21)43-30(42-28)50-19-33(34,35)36/h8-13,16,24H,4-7,14-15,17-19H2,1-3H3,(H,38,47)(H,40,44)(H,45,46)(H2,37,39,41,42,43)/t24-/m0/s1. The number of carbonyl (C=O) groups is 3. The SMILES string of the molecule is CC(C)(C)OC(=O)NC[C@H](NC(=O)c1ccc2cc1OCCCCCCOc1ccc(cc1)CNc1nc(nc(OCC(F)(F)F)n1)N2)C(=O)O. The van der Waals surface area contributed by atoms with Gasteiger partial charge in [-0.3, -0.25) is 4.79 Å². The lowest BCUT2D eigenvalue weighted by Crippen LogP contribution is -2.49. The minimum atomic E-state index is -4.65. The summed E-state index contributed by atoms with van der Waals surface area (Å²) in [5.74, 6) is -1.72. The predicted octanol–water partition coefficient (Wildman–Crippen LogP) is 5.21. The molecule has 276 valence electrons. The van der Waals surface area contributed by atoms with E-state index in [2.05, 4.69) is 36.2 Å². The molecule has 0 saturated carbocycles. The number of nitrogens with one attached hydrogen (secondary N) is 4. The van der Waals surface area contributed by atoms with Crippen molar-refractivity contribution < 1.29 is 51.6 Å². The topological polar surface area (TPSA) is 195 Å². The number of aliphatic carboxylic acids is 1. The number of fused-ring (bicyclic) bond motifs is 10. The zero-order valence-corrected chi connectivity index (χ0v) is 28.3. The zero-order valence-electron chi connectivity index (χ0n) is 28.3.